The number of rotatable bonds is 1. The fraction of sp³-hybridized carbons (Fsp3) is 0.733. The zero-order valence-electron chi connectivity index (χ0n) is 13.0. The third-order valence-corrected chi connectivity index (χ3v) is 3.16. The predicted molar refractivity (Wildman–Crippen MR) is 76.3 cm³/mol. The van der Waals surface area contributed by atoms with Crippen molar-refractivity contribution in [3.63, 3.8) is 0 Å². The number of aromatic nitrogens is 2. The van der Waals surface area contributed by atoms with E-state index in [1.807, 2.05) is 14.0 Å². The minimum atomic E-state index is -0.184. The third-order valence-electron chi connectivity index (χ3n) is 3.16. The first-order valence-electron chi connectivity index (χ1n) is 6.61. The van der Waals surface area contributed by atoms with Gasteiger partial charge in [-0.05, 0) is 5.41 Å². The summed E-state index contributed by atoms with van der Waals surface area (Å²) < 4.78 is 1.69. The van der Waals surface area contributed by atoms with E-state index in [0.29, 0.717) is 0 Å². The Morgan fingerprint density at radius 2 is 1.56 bits per heavy atom. The Kier molecular flexibility index (Phi) is 3.75. The molecule has 1 rings (SSSR count). The van der Waals surface area contributed by atoms with Gasteiger partial charge in [-0.15, -0.1) is 0 Å². The van der Waals surface area contributed by atoms with Crippen molar-refractivity contribution in [3.05, 3.63) is 27.4 Å². The molecular weight excluding hydrogens is 224 g/mol. The summed E-state index contributed by atoms with van der Waals surface area (Å²) in [5, 5.41) is 0. The lowest BCUT2D eigenvalue weighted by Gasteiger charge is -2.29. The highest BCUT2D eigenvalue weighted by atomic mass is 16.1. The van der Waals surface area contributed by atoms with E-state index in [9.17, 15) is 4.79 Å². The van der Waals surface area contributed by atoms with Crippen LogP contribution in [-0.4, -0.2) is 9.55 Å². The Bertz CT molecular complexity index is 499. The number of aryl methyl sites for hydroxylation is 1. The second-order valence-electron chi connectivity index (χ2n) is 6.97. The van der Waals surface area contributed by atoms with Gasteiger partial charge in [-0.2, -0.15) is 0 Å². The predicted octanol–water partition coefficient (Wildman–Crippen LogP) is 2.94. The van der Waals surface area contributed by atoms with Gasteiger partial charge >= 0.3 is 0 Å². The first-order valence-corrected chi connectivity index (χ1v) is 6.61. The topological polar surface area (TPSA) is 34.9 Å². The molecule has 0 amide bonds. The molecule has 1 heterocycles. The Hall–Kier alpha value is -1.12. The molecule has 0 spiro atoms. The first kappa shape index (κ1) is 14.9. The number of hydrogen-bond donors (Lipinski definition) is 0. The van der Waals surface area contributed by atoms with Crippen LogP contribution in [0.15, 0.2) is 4.79 Å². The number of nitrogens with zero attached hydrogens (tertiary/aromatic N) is 2. The molecule has 0 saturated heterocycles. The van der Waals surface area contributed by atoms with Crippen LogP contribution in [0.3, 0.4) is 0 Å². The van der Waals surface area contributed by atoms with Gasteiger partial charge in [0.15, 0.2) is 0 Å². The SMILES string of the molecule is CCc1nc(C(C)(C)C)c(C(C)(C)C)c(=O)n1C. The molecule has 18 heavy (non-hydrogen) atoms. The van der Waals surface area contributed by atoms with E-state index < -0.39 is 0 Å². The highest BCUT2D eigenvalue weighted by molar-refractivity contribution is 5.31. The summed E-state index contributed by atoms with van der Waals surface area (Å²) in [6.45, 7) is 14.6. The van der Waals surface area contributed by atoms with Gasteiger partial charge in [-0.1, -0.05) is 48.5 Å². The summed E-state index contributed by atoms with van der Waals surface area (Å²) >= 11 is 0. The van der Waals surface area contributed by atoms with Crippen molar-refractivity contribution in [2.24, 2.45) is 7.05 Å². The lowest BCUT2D eigenvalue weighted by molar-refractivity contribution is 0.490. The molecule has 0 saturated carbocycles. The lowest BCUT2D eigenvalue weighted by Crippen LogP contribution is -2.37. The highest BCUT2D eigenvalue weighted by Gasteiger charge is 2.30. The van der Waals surface area contributed by atoms with Crippen molar-refractivity contribution in [1.82, 2.24) is 9.55 Å². The molecule has 0 bridgehead atoms. The lowest BCUT2D eigenvalue weighted by atomic mass is 9.79. The standard InChI is InChI=1S/C15H26N2O/c1-9-10-16-12(15(5,6)7)11(14(2,3)4)13(18)17(10)8/h9H2,1-8H3. The largest absolute Gasteiger partial charge is 0.300 e. The molecule has 0 aromatic carbocycles. The van der Waals surface area contributed by atoms with Crippen LogP contribution in [0.2, 0.25) is 0 Å². The van der Waals surface area contributed by atoms with Gasteiger partial charge in [0.1, 0.15) is 5.82 Å². The van der Waals surface area contributed by atoms with E-state index in [1.54, 1.807) is 4.57 Å². The van der Waals surface area contributed by atoms with Crippen LogP contribution in [0.1, 0.15) is 65.5 Å². The fourth-order valence-corrected chi connectivity index (χ4v) is 2.18. The monoisotopic (exact) mass is 250 g/mol. The maximum absolute atomic E-state index is 12.6. The molecule has 0 aliphatic heterocycles. The van der Waals surface area contributed by atoms with Crippen molar-refractivity contribution < 1.29 is 0 Å². The molecular formula is C15H26N2O. The third kappa shape index (κ3) is 2.65. The minimum absolute atomic E-state index is 0.0966. The van der Waals surface area contributed by atoms with Crippen LogP contribution in [-0.2, 0) is 24.3 Å². The van der Waals surface area contributed by atoms with E-state index in [0.717, 1.165) is 23.5 Å². The van der Waals surface area contributed by atoms with E-state index in [2.05, 4.69) is 41.5 Å². The average molecular weight is 250 g/mol. The van der Waals surface area contributed by atoms with Crippen molar-refractivity contribution in [1.29, 1.82) is 0 Å². The maximum atomic E-state index is 12.6. The van der Waals surface area contributed by atoms with E-state index in [1.165, 1.54) is 0 Å². The van der Waals surface area contributed by atoms with Gasteiger partial charge in [-0.25, -0.2) is 4.98 Å². The van der Waals surface area contributed by atoms with Crippen LogP contribution in [0.4, 0.5) is 0 Å². The second-order valence-corrected chi connectivity index (χ2v) is 6.97. The maximum Gasteiger partial charge on any atom is 0.257 e. The van der Waals surface area contributed by atoms with Gasteiger partial charge in [0.25, 0.3) is 5.56 Å². The van der Waals surface area contributed by atoms with Crippen molar-refractivity contribution in [2.75, 3.05) is 0 Å². The van der Waals surface area contributed by atoms with Gasteiger partial charge < -0.3 is 0 Å². The Morgan fingerprint density at radius 1 is 1.06 bits per heavy atom. The summed E-state index contributed by atoms with van der Waals surface area (Å²) in [6, 6.07) is 0. The molecule has 0 unspecified atom stereocenters. The quantitative estimate of drug-likeness (QED) is 0.768. The Morgan fingerprint density at radius 3 is 1.89 bits per heavy atom. The molecule has 0 fully saturated rings. The second kappa shape index (κ2) is 4.52. The summed E-state index contributed by atoms with van der Waals surface area (Å²) in [4.78, 5) is 17.3. The van der Waals surface area contributed by atoms with E-state index in [4.69, 9.17) is 4.98 Å². The first-order chi connectivity index (χ1) is 8.00. The zero-order chi connectivity index (χ0) is 14.3. The molecule has 0 N–H and O–H groups in total. The fourth-order valence-electron chi connectivity index (χ4n) is 2.18. The minimum Gasteiger partial charge on any atom is -0.300 e. The van der Waals surface area contributed by atoms with Gasteiger partial charge in [0.2, 0.25) is 0 Å². The van der Waals surface area contributed by atoms with Gasteiger partial charge in [-0.3, -0.25) is 9.36 Å². The molecule has 0 aliphatic rings. The smallest absolute Gasteiger partial charge is 0.257 e. The molecule has 3 nitrogen and oxygen atoms in total. The van der Waals surface area contributed by atoms with Crippen molar-refractivity contribution >= 4 is 0 Å². The average Bonchev–Trinajstić information content (AvgIpc) is 2.18. The van der Waals surface area contributed by atoms with Gasteiger partial charge in [0, 0.05) is 24.4 Å². The summed E-state index contributed by atoms with van der Waals surface area (Å²) in [7, 11) is 1.82. The molecule has 1 aromatic heterocycles. The van der Waals surface area contributed by atoms with Crippen LogP contribution in [0.25, 0.3) is 0 Å². The molecule has 0 aliphatic carbocycles. The molecule has 3 heteroatoms. The van der Waals surface area contributed by atoms with Crippen LogP contribution < -0.4 is 5.56 Å². The highest BCUT2D eigenvalue weighted by Crippen LogP contribution is 2.30. The Labute approximate surface area is 110 Å². The van der Waals surface area contributed by atoms with Crippen molar-refractivity contribution in [2.45, 2.75) is 65.7 Å². The molecule has 102 valence electrons. The Balaban J connectivity index is 3.79. The molecule has 0 radical (unpaired) electrons. The van der Waals surface area contributed by atoms with Crippen LogP contribution in [0.5, 0.6) is 0 Å². The summed E-state index contributed by atoms with van der Waals surface area (Å²) in [6.07, 6.45) is 0.777. The summed E-state index contributed by atoms with van der Waals surface area (Å²) in [5.74, 6) is 0.859. The molecule has 1 aromatic rings. The van der Waals surface area contributed by atoms with E-state index >= 15 is 0 Å². The van der Waals surface area contributed by atoms with Crippen molar-refractivity contribution in [3.8, 4) is 0 Å². The normalized spacial score (nSPS) is 12.9. The molecule has 0 atom stereocenters. The van der Waals surface area contributed by atoms with Crippen LogP contribution in [0, 0.1) is 0 Å². The number of hydrogen-bond acceptors (Lipinski definition) is 2. The van der Waals surface area contributed by atoms with Gasteiger partial charge in [0.05, 0.1) is 5.69 Å². The van der Waals surface area contributed by atoms with E-state index in [-0.39, 0.29) is 16.4 Å². The summed E-state index contributed by atoms with van der Waals surface area (Å²) in [5.41, 5.74) is 1.58. The zero-order valence-corrected chi connectivity index (χ0v) is 13.0. The van der Waals surface area contributed by atoms with Crippen LogP contribution >= 0.6 is 0 Å².